The van der Waals surface area contributed by atoms with Gasteiger partial charge in [-0.3, -0.25) is 14.2 Å². The van der Waals surface area contributed by atoms with Gasteiger partial charge in [0.2, 0.25) is 0 Å². The van der Waals surface area contributed by atoms with Crippen molar-refractivity contribution in [2.75, 3.05) is 5.75 Å². The van der Waals surface area contributed by atoms with Crippen LogP contribution in [0.5, 0.6) is 0 Å². The monoisotopic (exact) mass is 375 g/mol. The predicted molar refractivity (Wildman–Crippen MR) is 104 cm³/mol. The molecule has 0 aliphatic heterocycles. The van der Waals surface area contributed by atoms with Gasteiger partial charge in [-0.05, 0) is 45.4 Å². The maximum absolute atomic E-state index is 13.0. The molecule has 0 atom stereocenters. The van der Waals surface area contributed by atoms with Crippen molar-refractivity contribution in [2.24, 2.45) is 7.05 Å². The van der Waals surface area contributed by atoms with E-state index in [9.17, 15) is 9.59 Å². The Bertz CT molecular complexity index is 1010. The number of fused-ring (bicyclic) bond motifs is 1. The van der Waals surface area contributed by atoms with Crippen LogP contribution in [0.2, 0.25) is 0 Å². The van der Waals surface area contributed by atoms with Gasteiger partial charge in [-0.2, -0.15) is 0 Å². The summed E-state index contributed by atoms with van der Waals surface area (Å²) in [6, 6.07) is 3.64. The normalized spacial score (nSPS) is 11.6. The van der Waals surface area contributed by atoms with Gasteiger partial charge in [-0.15, -0.1) is 11.3 Å². The van der Waals surface area contributed by atoms with Gasteiger partial charge in [0.1, 0.15) is 4.83 Å². The second kappa shape index (κ2) is 6.80. The summed E-state index contributed by atoms with van der Waals surface area (Å²) < 4.78 is 3.51. The molecule has 0 saturated heterocycles. The van der Waals surface area contributed by atoms with E-state index in [1.54, 1.807) is 15.2 Å². The fourth-order valence-corrected chi connectivity index (χ4v) is 4.87. The Morgan fingerprint density at radius 3 is 2.68 bits per heavy atom. The molecule has 0 aliphatic carbocycles. The van der Waals surface area contributed by atoms with Crippen LogP contribution in [0.1, 0.15) is 40.8 Å². The number of thiophene rings is 1. The zero-order chi connectivity index (χ0) is 18.3. The van der Waals surface area contributed by atoms with Gasteiger partial charge in [-0.25, -0.2) is 4.98 Å². The second-order valence-corrected chi connectivity index (χ2v) is 8.49. The topological polar surface area (TPSA) is 56.9 Å². The summed E-state index contributed by atoms with van der Waals surface area (Å²) in [5, 5.41) is 1.31. The molecule has 0 saturated carbocycles. The molecule has 0 fully saturated rings. The zero-order valence-electron chi connectivity index (χ0n) is 15.0. The van der Waals surface area contributed by atoms with Gasteiger partial charge in [0.05, 0.1) is 16.8 Å². The van der Waals surface area contributed by atoms with Gasteiger partial charge in [0, 0.05) is 24.2 Å². The SMILES string of the molecule is Cc1sc2nc(SCC(=O)c3cccn3C)n(C(C)C)c(=O)c2c1C. The molecule has 0 bridgehead atoms. The molecule has 5 nitrogen and oxygen atoms in total. The third kappa shape index (κ3) is 3.18. The van der Waals surface area contributed by atoms with Crippen molar-refractivity contribution >= 4 is 39.1 Å². The summed E-state index contributed by atoms with van der Waals surface area (Å²) in [4.78, 5) is 32.0. The number of nitrogens with zero attached hydrogens (tertiary/aromatic N) is 3. The molecule has 0 aliphatic rings. The quantitative estimate of drug-likeness (QED) is 0.385. The van der Waals surface area contributed by atoms with Crippen LogP contribution in [0.3, 0.4) is 0 Å². The summed E-state index contributed by atoms with van der Waals surface area (Å²) >= 11 is 2.87. The van der Waals surface area contributed by atoms with Crippen LogP contribution in [-0.2, 0) is 7.05 Å². The third-order valence-electron chi connectivity index (χ3n) is 4.28. The van der Waals surface area contributed by atoms with E-state index in [-0.39, 0.29) is 23.1 Å². The minimum Gasteiger partial charge on any atom is -0.348 e. The van der Waals surface area contributed by atoms with E-state index < -0.39 is 0 Å². The van der Waals surface area contributed by atoms with Gasteiger partial charge in [0.25, 0.3) is 5.56 Å². The average Bonchev–Trinajstić information content (AvgIpc) is 3.08. The molecule has 3 aromatic heterocycles. The van der Waals surface area contributed by atoms with E-state index in [0.29, 0.717) is 16.2 Å². The standard InChI is InChI=1S/C18H21N3O2S2/c1-10(2)21-17(23)15-11(3)12(4)25-16(15)19-18(21)24-9-14(22)13-7-6-8-20(13)5/h6-8,10H,9H2,1-5H3. The molecule has 3 heterocycles. The van der Waals surface area contributed by atoms with E-state index in [1.165, 1.54) is 23.1 Å². The Morgan fingerprint density at radius 1 is 1.36 bits per heavy atom. The molecule has 3 aromatic rings. The summed E-state index contributed by atoms with van der Waals surface area (Å²) in [6.45, 7) is 7.90. The first-order valence-electron chi connectivity index (χ1n) is 8.10. The lowest BCUT2D eigenvalue weighted by atomic mass is 10.2. The van der Waals surface area contributed by atoms with E-state index in [1.807, 2.05) is 47.0 Å². The van der Waals surface area contributed by atoms with Gasteiger partial charge in [-0.1, -0.05) is 11.8 Å². The minimum atomic E-state index is -0.0179. The van der Waals surface area contributed by atoms with Crippen LogP contribution in [0.4, 0.5) is 0 Å². The number of aromatic nitrogens is 3. The largest absolute Gasteiger partial charge is 0.348 e. The molecule has 0 amide bonds. The van der Waals surface area contributed by atoms with Crippen molar-refractivity contribution in [2.45, 2.75) is 38.9 Å². The number of carbonyl (C=O) groups excluding carboxylic acids is 1. The molecule has 0 N–H and O–H groups in total. The molecule has 0 spiro atoms. The first kappa shape index (κ1) is 17.9. The highest BCUT2D eigenvalue weighted by Gasteiger charge is 2.19. The highest BCUT2D eigenvalue weighted by Crippen LogP contribution is 2.29. The van der Waals surface area contributed by atoms with Crippen LogP contribution in [0.15, 0.2) is 28.3 Å². The number of hydrogen-bond acceptors (Lipinski definition) is 5. The van der Waals surface area contributed by atoms with Gasteiger partial charge < -0.3 is 4.57 Å². The number of aryl methyl sites for hydroxylation is 3. The Kier molecular flexibility index (Phi) is 4.88. The molecule has 7 heteroatoms. The maximum atomic E-state index is 13.0. The third-order valence-corrected chi connectivity index (χ3v) is 6.33. The van der Waals surface area contributed by atoms with Gasteiger partial charge in [0.15, 0.2) is 10.9 Å². The first-order chi connectivity index (χ1) is 11.8. The molecule has 132 valence electrons. The van der Waals surface area contributed by atoms with Gasteiger partial charge >= 0.3 is 0 Å². The number of rotatable bonds is 5. The smallest absolute Gasteiger partial charge is 0.263 e. The number of hydrogen-bond donors (Lipinski definition) is 0. The van der Waals surface area contributed by atoms with Crippen molar-refractivity contribution < 1.29 is 4.79 Å². The molecular weight excluding hydrogens is 354 g/mol. The molecule has 0 aromatic carbocycles. The Morgan fingerprint density at radius 2 is 2.08 bits per heavy atom. The van der Waals surface area contributed by atoms with Crippen LogP contribution in [0.25, 0.3) is 10.2 Å². The fraction of sp³-hybridized carbons (Fsp3) is 0.389. The molecular formula is C18H21N3O2S2. The maximum Gasteiger partial charge on any atom is 0.263 e. The van der Waals surface area contributed by atoms with Crippen LogP contribution in [0, 0.1) is 13.8 Å². The van der Waals surface area contributed by atoms with Crippen LogP contribution < -0.4 is 5.56 Å². The van der Waals surface area contributed by atoms with Crippen LogP contribution >= 0.6 is 23.1 Å². The number of thioether (sulfide) groups is 1. The summed E-state index contributed by atoms with van der Waals surface area (Å²) in [6.07, 6.45) is 1.85. The summed E-state index contributed by atoms with van der Waals surface area (Å²) in [5.74, 6) is 0.284. The Hall–Kier alpha value is -1.86. The fourth-order valence-electron chi connectivity index (χ4n) is 2.80. The highest BCUT2D eigenvalue weighted by molar-refractivity contribution is 7.99. The van der Waals surface area contributed by atoms with E-state index in [2.05, 4.69) is 0 Å². The Balaban J connectivity index is 2.01. The summed E-state index contributed by atoms with van der Waals surface area (Å²) in [7, 11) is 1.85. The first-order valence-corrected chi connectivity index (χ1v) is 9.91. The molecule has 0 unspecified atom stereocenters. The predicted octanol–water partition coefficient (Wildman–Crippen LogP) is 3.97. The van der Waals surface area contributed by atoms with Crippen molar-refractivity contribution in [3.63, 3.8) is 0 Å². The lowest BCUT2D eigenvalue weighted by Crippen LogP contribution is -2.25. The highest BCUT2D eigenvalue weighted by atomic mass is 32.2. The molecule has 3 rings (SSSR count). The van der Waals surface area contributed by atoms with Crippen LogP contribution in [-0.4, -0.2) is 25.7 Å². The minimum absolute atomic E-state index is 0.0170. The van der Waals surface area contributed by atoms with E-state index in [4.69, 9.17) is 4.98 Å². The Labute approximate surface area is 154 Å². The number of ketones is 1. The van der Waals surface area contributed by atoms with Crippen molar-refractivity contribution in [3.8, 4) is 0 Å². The van der Waals surface area contributed by atoms with E-state index in [0.717, 1.165) is 15.3 Å². The average molecular weight is 376 g/mol. The number of carbonyl (C=O) groups is 1. The lowest BCUT2D eigenvalue weighted by molar-refractivity contribution is 0.101. The van der Waals surface area contributed by atoms with Crippen molar-refractivity contribution in [1.29, 1.82) is 0 Å². The molecule has 25 heavy (non-hydrogen) atoms. The lowest BCUT2D eigenvalue weighted by Gasteiger charge is -2.15. The zero-order valence-corrected chi connectivity index (χ0v) is 16.6. The second-order valence-electron chi connectivity index (χ2n) is 6.34. The van der Waals surface area contributed by atoms with Crippen molar-refractivity contribution in [1.82, 2.24) is 14.1 Å². The summed E-state index contributed by atoms with van der Waals surface area (Å²) in [5.41, 5.74) is 1.65. The van der Waals surface area contributed by atoms with E-state index >= 15 is 0 Å². The number of Topliss-reactive ketones (excluding diaryl/α,β-unsaturated/α-hetero) is 1. The molecule has 0 radical (unpaired) electrons. The van der Waals surface area contributed by atoms with Crippen molar-refractivity contribution in [3.05, 3.63) is 44.8 Å².